The summed E-state index contributed by atoms with van der Waals surface area (Å²) in [6.45, 7) is 4.56. The second-order valence-corrected chi connectivity index (χ2v) is 6.87. The highest BCUT2D eigenvalue weighted by Crippen LogP contribution is 2.32. The van der Waals surface area contributed by atoms with Gasteiger partial charge in [0.2, 0.25) is 5.16 Å². The summed E-state index contributed by atoms with van der Waals surface area (Å²) in [6.07, 6.45) is 3.38. The van der Waals surface area contributed by atoms with Gasteiger partial charge in [-0.2, -0.15) is 0 Å². The molecule has 0 unspecified atom stereocenters. The maximum absolute atomic E-state index is 11.8. The third-order valence-electron chi connectivity index (χ3n) is 3.91. The Morgan fingerprint density at radius 1 is 1.22 bits per heavy atom. The lowest BCUT2D eigenvalue weighted by Gasteiger charge is -2.10. The van der Waals surface area contributed by atoms with Crippen LogP contribution in [0.15, 0.2) is 46.5 Å². The van der Waals surface area contributed by atoms with Crippen molar-refractivity contribution in [1.29, 1.82) is 0 Å². The minimum absolute atomic E-state index is 0.159. The molecule has 3 rings (SSSR count). The summed E-state index contributed by atoms with van der Waals surface area (Å²) in [5, 5.41) is 18.9. The first-order valence-corrected chi connectivity index (χ1v) is 9.62. The maximum Gasteiger partial charge on any atom is 0.342 e. The van der Waals surface area contributed by atoms with Gasteiger partial charge in [0.05, 0.1) is 6.61 Å². The fourth-order valence-corrected chi connectivity index (χ4v) is 3.47. The lowest BCUT2D eigenvalue weighted by molar-refractivity contribution is -0.131. The summed E-state index contributed by atoms with van der Waals surface area (Å²) < 4.78 is 5.68. The number of aromatic nitrogens is 3. The van der Waals surface area contributed by atoms with Crippen LogP contribution in [0.3, 0.4) is 0 Å². The van der Waals surface area contributed by atoms with Crippen LogP contribution in [0.5, 0.6) is 5.75 Å². The lowest BCUT2D eigenvalue weighted by Crippen LogP contribution is -1.98. The monoisotopic (exact) mass is 383 g/mol. The molecule has 0 saturated carbocycles. The van der Waals surface area contributed by atoms with Gasteiger partial charge in [-0.25, -0.2) is 9.78 Å². The first kappa shape index (κ1) is 19.0. The van der Waals surface area contributed by atoms with Gasteiger partial charge in [0.25, 0.3) is 0 Å². The lowest BCUT2D eigenvalue weighted by atomic mass is 10.0. The molecule has 2 aromatic carbocycles. The number of benzene rings is 2. The van der Waals surface area contributed by atoms with E-state index in [9.17, 15) is 9.90 Å². The van der Waals surface area contributed by atoms with E-state index < -0.39 is 5.97 Å². The third-order valence-corrected chi connectivity index (χ3v) is 4.79. The SMILES string of the molecule is CCCc1nc(S/C(=C\c2ccc(OCC)c3ccccc23)C(=O)O)n[nH]1. The smallest absolute Gasteiger partial charge is 0.342 e. The number of rotatable bonds is 8. The average Bonchev–Trinajstić information content (AvgIpc) is 3.10. The molecule has 0 bridgehead atoms. The molecule has 7 heteroatoms. The fourth-order valence-electron chi connectivity index (χ4n) is 2.75. The van der Waals surface area contributed by atoms with Gasteiger partial charge >= 0.3 is 5.97 Å². The largest absolute Gasteiger partial charge is 0.493 e. The average molecular weight is 383 g/mol. The van der Waals surface area contributed by atoms with Gasteiger partial charge in [0.1, 0.15) is 16.5 Å². The number of carbonyl (C=O) groups is 1. The molecule has 2 N–H and O–H groups in total. The van der Waals surface area contributed by atoms with Gasteiger partial charge in [0, 0.05) is 11.8 Å². The number of fused-ring (bicyclic) bond motifs is 1. The fraction of sp³-hybridized carbons (Fsp3) is 0.250. The van der Waals surface area contributed by atoms with Crippen LogP contribution in [-0.2, 0) is 11.2 Å². The van der Waals surface area contributed by atoms with E-state index in [1.54, 1.807) is 6.08 Å². The van der Waals surface area contributed by atoms with E-state index >= 15 is 0 Å². The number of carboxylic acid groups (broad SMARTS) is 1. The van der Waals surface area contributed by atoms with Gasteiger partial charge < -0.3 is 9.84 Å². The first-order chi connectivity index (χ1) is 13.1. The third kappa shape index (κ3) is 4.49. The summed E-state index contributed by atoms with van der Waals surface area (Å²) >= 11 is 1.04. The van der Waals surface area contributed by atoms with Crippen LogP contribution in [-0.4, -0.2) is 32.9 Å². The van der Waals surface area contributed by atoms with Gasteiger partial charge in [-0.05, 0) is 48.2 Å². The van der Waals surface area contributed by atoms with Gasteiger partial charge in [-0.15, -0.1) is 5.10 Å². The van der Waals surface area contributed by atoms with Crippen LogP contribution in [0, 0.1) is 0 Å². The van der Waals surface area contributed by atoms with Crippen molar-refractivity contribution in [1.82, 2.24) is 15.2 Å². The predicted molar refractivity (Wildman–Crippen MR) is 107 cm³/mol. The number of carboxylic acids is 1. The van der Waals surface area contributed by atoms with E-state index in [0.717, 1.165) is 52.5 Å². The van der Waals surface area contributed by atoms with Crippen LogP contribution in [0.25, 0.3) is 16.8 Å². The molecule has 0 amide bonds. The molecule has 0 aliphatic carbocycles. The normalized spacial score (nSPS) is 11.7. The summed E-state index contributed by atoms with van der Waals surface area (Å²) in [5.74, 6) is 0.531. The van der Waals surface area contributed by atoms with E-state index in [0.29, 0.717) is 11.8 Å². The quantitative estimate of drug-likeness (QED) is 0.439. The Morgan fingerprint density at radius 3 is 2.70 bits per heavy atom. The number of hydrogen-bond donors (Lipinski definition) is 2. The van der Waals surface area contributed by atoms with Crippen molar-refractivity contribution in [2.75, 3.05) is 6.61 Å². The number of H-pyrrole nitrogens is 1. The Morgan fingerprint density at radius 2 is 2.00 bits per heavy atom. The molecule has 3 aromatic rings. The van der Waals surface area contributed by atoms with Crippen molar-refractivity contribution in [2.24, 2.45) is 0 Å². The number of nitrogens with zero attached hydrogens (tertiary/aromatic N) is 2. The zero-order valence-electron chi connectivity index (χ0n) is 15.2. The number of hydrogen-bond acceptors (Lipinski definition) is 5. The molecular weight excluding hydrogens is 362 g/mol. The number of aryl methyl sites for hydroxylation is 1. The van der Waals surface area contributed by atoms with E-state index in [1.807, 2.05) is 43.3 Å². The van der Waals surface area contributed by atoms with Crippen LogP contribution in [0.1, 0.15) is 31.7 Å². The van der Waals surface area contributed by atoms with Crippen molar-refractivity contribution in [3.05, 3.63) is 52.7 Å². The molecule has 0 saturated heterocycles. The molecule has 1 heterocycles. The minimum atomic E-state index is -1.01. The van der Waals surface area contributed by atoms with Crippen molar-refractivity contribution < 1.29 is 14.6 Å². The number of ether oxygens (including phenoxy) is 1. The zero-order valence-corrected chi connectivity index (χ0v) is 16.0. The summed E-state index contributed by atoms with van der Waals surface area (Å²) in [5.41, 5.74) is 0.809. The zero-order chi connectivity index (χ0) is 19.2. The first-order valence-electron chi connectivity index (χ1n) is 8.81. The molecule has 0 aliphatic heterocycles. The topological polar surface area (TPSA) is 88.1 Å². The number of aliphatic carboxylic acids is 1. The highest BCUT2D eigenvalue weighted by atomic mass is 32.2. The maximum atomic E-state index is 11.8. The van der Waals surface area contributed by atoms with E-state index in [-0.39, 0.29) is 4.91 Å². The molecule has 0 aliphatic rings. The molecule has 0 atom stereocenters. The van der Waals surface area contributed by atoms with Gasteiger partial charge in [-0.3, -0.25) is 5.10 Å². The van der Waals surface area contributed by atoms with Crippen molar-refractivity contribution in [2.45, 2.75) is 31.8 Å². The van der Waals surface area contributed by atoms with Gasteiger partial charge in [-0.1, -0.05) is 37.3 Å². The van der Waals surface area contributed by atoms with Crippen LogP contribution in [0.2, 0.25) is 0 Å². The summed E-state index contributed by atoms with van der Waals surface area (Å²) in [7, 11) is 0. The highest BCUT2D eigenvalue weighted by molar-refractivity contribution is 8.04. The van der Waals surface area contributed by atoms with Crippen molar-refractivity contribution in [3.8, 4) is 5.75 Å². The number of nitrogens with one attached hydrogen (secondary N) is 1. The van der Waals surface area contributed by atoms with Gasteiger partial charge in [0.15, 0.2) is 0 Å². The summed E-state index contributed by atoms with van der Waals surface area (Å²) in [4.78, 5) is 16.3. The molecule has 27 heavy (non-hydrogen) atoms. The Kier molecular flexibility index (Phi) is 6.13. The highest BCUT2D eigenvalue weighted by Gasteiger charge is 2.15. The molecule has 1 aromatic heterocycles. The van der Waals surface area contributed by atoms with Crippen LogP contribution < -0.4 is 4.74 Å². The second kappa shape index (κ2) is 8.73. The van der Waals surface area contributed by atoms with E-state index in [4.69, 9.17) is 4.74 Å². The molecule has 0 radical (unpaired) electrons. The van der Waals surface area contributed by atoms with Crippen LogP contribution in [0.4, 0.5) is 0 Å². The van der Waals surface area contributed by atoms with E-state index in [2.05, 4.69) is 22.1 Å². The van der Waals surface area contributed by atoms with Crippen molar-refractivity contribution in [3.63, 3.8) is 0 Å². The molecule has 140 valence electrons. The Bertz CT molecular complexity index is 982. The molecular formula is C20H21N3O3S. The Hall–Kier alpha value is -2.80. The summed E-state index contributed by atoms with van der Waals surface area (Å²) in [6, 6.07) is 11.5. The predicted octanol–water partition coefficient (Wildman–Crippen LogP) is 4.53. The van der Waals surface area contributed by atoms with Crippen molar-refractivity contribution >= 4 is 34.6 Å². The van der Waals surface area contributed by atoms with Crippen LogP contribution >= 0.6 is 11.8 Å². The number of aromatic amines is 1. The second-order valence-electron chi connectivity index (χ2n) is 5.86. The molecule has 6 nitrogen and oxygen atoms in total. The standard InChI is InChI=1S/C20H21N3O3S/c1-3-7-18-21-20(23-22-18)27-17(19(24)25)12-13-10-11-16(26-4-2)15-9-6-5-8-14(13)15/h5-6,8-12H,3-4,7H2,1-2H3,(H,24,25)(H,21,22,23)/b17-12-. The Balaban J connectivity index is 1.98. The molecule has 0 spiro atoms. The molecule has 0 fully saturated rings. The van der Waals surface area contributed by atoms with E-state index in [1.165, 1.54) is 0 Å². The number of thioether (sulfide) groups is 1. The Labute approximate surface area is 161 Å². The minimum Gasteiger partial charge on any atom is -0.493 e.